The Morgan fingerprint density at radius 3 is 2.41 bits per heavy atom. The molecule has 27 heavy (non-hydrogen) atoms. The maximum absolute atomic E-state index is 12.6. The monoisotopic (exact) mass is 431 g/mol. The van der Waals surface area contributed by atoms with Crippen LogP contribution in [0, 0.1) is 16.0 Å². The number of sulfone groups is 1. The lowest BCUT2D eigenvalue weighted by Crippen LogP contribution is -2.23. The van der Waals surface area contributed by atoms with Gasteiger partial charge < -0.3 is 4.74 Å². The molecule has 8 nitrogen and oxygen atoms in total. The molecule has 13 heteroatoms. The Morgan fingerprint density at radius 2 is 1.93 bits per heavy atom. The van der Waals surface area contributed by atoms with Gasteiger partial charge in [-0.1, -0.05) is 13.8 Å². The van der Waals surface area contributed by atoms with Crippen LogP contribution in [0.1, 0.15) is 20.3 Å². The molecule has 0 aliphatic heterocycles. The largest absolute Gasteiger partial charge is 0.501 e. The highest BCUT2D eigenvalue weighted by atomic mass is 32.2. The van der Waals surface area contributed by atoms with Gasteiger partial charge in [0.15, 0.2) is 0 Å². The number of carbonyl (C=O) groups excluding carboxylic acids is 1. The van der Waals surface area contributed by atoms with E-state index >= 15 is 0 Å². The summed E-state index contributed by atoms with van der Waals surface area (Å²) in [5.41, 5.74) is -6.75. The van der Waals surface area contributed by atoms with Crippen LogP contribution in [0.25, 0.3) is 0 Å². The van der Waals surface area contributed by atoms with Gasteiger partial charge in [-0.15, -0.1) is 0 Å². The minimum Gasteiger partial charge on any atom is -0.465 e. The van der Waals surface area contributed by atoms with Crippen LogP contribution >= 0.6 is 0 Å². The molecule has 152 valence electrons. The summed E-state index contributed by atoms with van der Waals surface area (Å²) >= 11 is 0. The number of nitrogens with zero attached hydrogens (tertiary/aromatic N) is 1. The van der Waals surface area contributed by atoms with Crippen LogP contribution in [0.2, 0.25) is 0 Å². The zero-order valence-electron chi connectivity index (χ0n) is 14.2. The van der Waals surface area contributed by atoms with Crippen molar-refractivity contribution < 1.29 is 40.3 Å². The first-order valence-corrected chi connectivity index (χ1v) is 10.2. The van der Waals surface area contributed by atoms with E-state index in [4.69, 9.17) is 4.74 Å². The molecule has 0 aromatic heterocycles. The molecule has 1 aromatic carbocycles. The van der Waals surface area contributed by atoms with E-state index in [-0.39, 0.29) is 18.6 Å². The van der Waals surface area contributed by atoms with Gasteiger partial charge in [0, 0.05) is 6.07 Å². The average Bonchev–Trinajstić information content (AvgIpc) is 2.52. The maximum atomic E-state index is 12.6. The van der Waals surface area contributed by atoms with Crippen molar-refractivity contribution in [2.24, 2.45) is 5.92 Å². The van der Waals surface area contributed by atoms with Gasteiger partial charge in [0.25, 0.3) is 15.5 Å². The van der Waals surface area contributed by atoms with Crippen LogP contribution in [-0.4, -0.2) is 41.4 Å². The van der Waals surface area contributed by atoms with E-state index in [0.29, 0.717) is 18.6 Å². The van der Waals surface area contributed by atoms with Crippen molar-refractivity contribution in [3.05, 3.63) is 28.3 Å². The standard InChI is InChI=1S/C14H16F3NO7S2/c1-9(2)5-6-25-13(19)8-26(22)12-4-3-10(7-11(12)18(20)21)27(23,24)14(15,16)17/h3-4,7,9H,5-6,8H2,1-2H3. The lowest BCUT2D eigenvalue weighted by Gasteiger charge is -2.10. The van der Waals surface area contributed by atoms with Gasteiger partial charge in [0.1, 0.15) is 10.6 Å². The van der Waals surface area contributed by atoms with E-state index in [9.17, 15) is 40.7 Å². The zero-order valence-corrected chi connectivity index (χ0v) is 15.8. The summed E-state index contributed by atoms with van der Waals surface area (Å²) in [5.74, 6) is -1.42. The first kappa shape index (κ1) is 23.0. The number of hydrogen-bond acceptors (Lipinski definition) is 7. The van der Waals surface area contributed by atoms with Gasteiger partial charge >= 0.3 is 11.5 Å². The van der Waals surface area contributed by atoms with E-state index in [2.05, 4.69) is 0 Å². The van der Waals surface area contributed by atoms with Crippen LogP contribution in [0.4, 0.5) is 18.9 Å². The summed E-state index contributed by atoms with van der Waals surface area (Å²) in [7, 11) is -8.12. The smallest absolute Gasteiger partial charge is 0.465 e. The molecule has 0 fully saturated rings. The Hall–Kier alpha value is -2.02. The number of halogens is 3. The fraction of sp³-hybridized carbons (Fsp3) is 0.500. The summed E-state index contributed by atoms with van der Waals surface area (Å²) < 4.78 is 77.5. The van der Waals surface area contributed by atoms with Crippen molar-refractivity contribution in [3.63, 3.8) is 0 Å². The van der Waals surface area contributed by atoms with E-state index in [1.165, 1.54) is 0 Å². The molecular weight excluding hydrogens is 415 g/mol. The second kappa shape index (κ2) is 8.78. The third kappa shape index (κ3) is 5.99. The summed E-state index contributed by atoms with van der Waals surface area (Å²) in [6.07, 6.45) is 0.544. The van der Waals surface area contributed by atoms with Gasteiger partial charge in [0.05, 0.1) is 27.2 Å². The lowest BCUT2D eigenvalue weighted by atomic mass is 10.1. The Bertz CT molecular complexity index is 851. The van der Waals surface area contributed by atoms with Crippen LogP contribution in [-0.2, 0) is 30.2 Å². The number of esters is 1. The number of hydrogen-bond donors (Lipinski definition) is 0. The van der Waals surface area contributed by atoms with Crippen LogP contribution in [0.5, 0.6) is 0 Å². The van der Waals surface area contributed by atoms with E-state index in [1.807, 2.05) is 13.8 Å². The molecule has 1 rings (SSSR count). The highest BCUT2D eigenvalue weighted by molar-refractivity contribution is 7.92. The maximum Gasteiger partial charge on any atom is 0.501 e. The van der Waals surface area contributed by atoms with Crippen molar-refractivity contribution in [2.45, 2.75) is 35.6 Å². The molecular formula is C14H16F3NO7S2. The molecule has 0 saturated heterocycles. The Morgan fingerprint density at radius 1 is 1.33 bits per heavy atom. The molecule has 1 aromatic rings. The quantitative estimate of drug-likeness (QED) is 0.352. The molecule has 0 amide bonds. The summed E-state index contributed by atoms with van der Waals surface area (Å²) in [6, 6.07) is 1.24. The molecule has 0 N–H and O–H groups in total. The van der Waals surface area contributed by atoms with Crippen molar-refractivity contribution in [1.82, 2.24) is 0 Å². The first-order valence-electron chi connectivity index (χ1n) is 7.41. The topological polar surface area (TPSA) is 121 Å². The lowest BCUT2D eigenvalue weighted by molar-refractivity contribution is -0.388. The highest BCUT2D eigenvalue weighted by Gasteiger charge is 2.47. The van der Waals surface area contributed by atoms with Crippen LogP contribution in [0.15, 0.2) is 28.0 Å². The number of nitro groups is 1. The normalized spacial score (nSPS) is 13.4. The molecule has 1 unspecified atom stereocenters. The van der Waals surface area contributed by atoms with E-state index in [1.54, 1.807) is 0 Å². The van der Waals surface area contributed by atoms with E-state index < -0.39 is 58.3 Å². The fourth-order valence-corrected chi connectivity index (χ4v) is 3.59. The molecule has 0 radical (unpaired) electrons. The third-order valence-electron chi connectivity index (χ3n) is 3.19. The number of carbonyl (C=O) groups is 1. The summed E-state index contributed by atoms with van der Waals surface area (Å²) in [6.45, 7) is 3.82. The molecule has 0 aliphatic carbocycles. The number of nitro benzene ring substituents is 1. The molecule has 1 atom stereocenters. The van der Waals surface area contributed by atoms with Crippen molar-refractivity contribution in [3.8, 4) is 0 Å². The summed E-state index contributed by atoms with van der Waals surface area (Å²) in [4.78, 5) is 19.6. The summed E-state index contributed by atoms with van der Waals surface area (Å²) in [5, 5.41) is 11.1. The van der Waals surface area contributed by atoms with E-state index in [0.717, 1.165) is 0 Å². The zero-order chi connectivity index (χ0) is 21.0. The highest BCUT2D eigenvalue weighted by Crippen LogP contribution is 2.34. The molecule has 0 spiro atoms. The van der Waals surface area contributed by atoms with Crippen molar-refractivity contribution in [2.75, 3.05) is 12.4 Å². The second-order valence-corrected chi connectivity index (χ2v) is 9.09. The predicted octanol–water partition coefficient (Wildman–Crippen LogP) is 2.59. The van der Waals surface area contributed by atoms with Gasteiger partial charge in [-0.3, -0.25) is 19.1 Å². The first-order chi connectivity index (χ1) is 12.3. The predicted molar refractivity (Wildman–Crippen MR) is 88.0 cm³/mol. The minimum absolute atomic E-state index is 0.0541. The number of alkyl halides is 3. The van der Waals surface area contributed by atoms with Gasteiger partial charge in [-0.05, 0) is 24.5 Å². The van der Waals surface area contributed by atoms with Crippen LogP contribution < -0.4 is 0 Å². The Labute approximate surface area is 155 Å². The number of rotatable bonds is 8. The van der Waals surface area contributed by atoms with Gasteiger partial charge in [0.2, 0.25) is 0 Å². The van der Waals surface area contributed by atoms with Crippen LogP contribution in [0.3, 0.4) is 0 Å². The third-order valence-corrected chi connectivity index (χ3v) is 6.01. The average molecular weight is 431 g/mol. The molecule has 0 aliphatic rings. The Kier molecular flexibility index (Phi) is 7.48. The molecule has 0 heterocycles. The fourth-order valence-electron chi connectivity index (χ4n) is 1.77. The molecule has 0 saturated carbocycles. The van der Waals surface area contributed by atoms with Crippen molar-refractivity contribution in [1.29, 1.82) is 0 Å². The minimum atomic E-state index is -5.81. The van der Waals surface area contributed by atoms with Gasteiger partial charge in [-0.25, -0.2) is 8.42 Å². The SMILES string of the molecule is CC(C)CCOC(=O)CS(=O)c1ccc(S(=O)(=O)C(F)(F)F)cc1[N+](=O)[O-]. The number of benzene rings is 1. The Balaban J connectivity index is 3.10. The molecule has 0 bridgehead atoms. The number of ether oxygens (including phenoxy) is 1. The van der Waals surface area contributed by atoms with Crippen molar-refractivity contribution >= 4 is 32.3 Å². The second-order valence-electron chi connectivity index (χ2n) is 5.73. The van der Waals surface area contributed by atoms with Gasteiger partial charge in [-0.2, -0.15) is 13.2 Å².